The fourth-order valence-corrected chi connectivity index (χ4v) is 4.13. The summed E-state index contributed by atoms with van der Waals surface area (Å²) in [5.74, 6) is 0. The van der Waals surface area contributed by atoms with Gasteiger partial charge in [-0.3, -0.25) is 4.55 Å². The number of nitrogens with one attached hydrogen (secondary N) is 1. The number of para-hydroxylation sites is 1. The molecule has 4 rings (SSSR count). The number of anilines is 3. The molecule has 0 aromatic heterocycles. The normalized spacial score (nSPS) is 13.0. The first-order valence-corrected chi connectivity index (χ1v) is 9.68. The zero-order valence-corrected chi connectivity index (χ0v) is 14.8. The molecule has 0 heterocycles. The first-order chi connectivity index (χ1) is 12.4. The highest BCUT2D eigenvalue weighted by Crippen LogP contribution is 2.39. The Bertz CT molecular complexity index is 1090. The summed E-state index contributed by atoms with van der Waals surface area (Å²) < 4.78 is 33.3. The maximum absolute atomic E-state index is 11.8. The molecule has 0 aliphatic heterocycles. The maximum Gasteiger partial charge on any atom is 0.296 e. The number of benzene rings is 3. The third-order valence-corrected chi connectivity index (χ3v) is 5.63. The largest absolute Gasteiger partial charge is 0.397 e. The van der Waals surface area contributed by atoms with E-state index in [0.717, 1.165) is 22.4 Å². The lowest BCUT2D eigenvalue weighted by Gasteiger charge is -2.25. The van der Waals surface area contributed by atoms with Crippen LogP contribution in [0.1, 0.15) is 22.3 Å². The molecule has 6 heteroatoms. The number of rotatable bonds is 3. The van der Waals surface area contributed by atoms with E-state index in [1.165, 1.54) is 11.6 Å². The van der Waals surface area contributed by atoms with Crippen LogP contribution in [0.4, 0.5) is 17.1 Å². The van der Waals surface area contributed by atoms with Crippen molar-refractivity contribution in [1.29, 1.82) is 0 Å². The van der Waals surface area contributed by atoms with E-state index in [-0.39, 0.29) is 10.6 Å². The SMILES string of the molecule is Nc1c(S(=O)(=O)O)cc(Nc2ccccc2)c2c1Cc1ccccc1C2. The molecule has 5 nitrogen and oxygen atoms in total. The van der Waals surface area contributed by atoms with Crippen LogP contribution < -0.4 is 11.1 Å². The van der Waals surface area contributed by atoms with E-state index in [9.17, 15) is 13.0 Å². The van der Waals surface area contributed by atoms with Gasteiger partial charge in [0.25, 0.3) is 10.1 Å². The first-order valence-electron chi connectivity index (χ1n) is 8.24. The number of nitrogens with two attached hydrogens (primary N) is 1. The monoisotopic (exact) mass is 366 g/mol. The topological polar surface area (TPSA) is 92.4 Å². The van der Waals surface area contributed by atoms with Gasteiger partial charge in [-0.15, -0.1) is 0 Å². The van der Waals surface area contributed by atoms with Gasteiger partial charge in [0.15, 0.2) is 0 Å². The Hall–Kier alpha value is -2.83. The summed E-state index contributed by atoms with van der Waals surface area (Å²) in [6, 6.07) is 18.9. The van der Waals surface area contributed by atoms with Crippen molar-refractivity contribution in [3.63, 3.8) is 0 Å². The Kier molecular flexibility index (Phi) is 3.94. The molecule has 132 valence electrons. The van der Waals surface area contributed by atoms with Gasteiger partial charge in [0.2, 0.25) is 0 Å². The quantitative estimate of drug-likeness (QED) is 0.379. The second kappa shape index (κ2) is 6.16. The van der Waals surface area contributed by atoms with Crippen molar-refractivity contribution in [3.8, 4) is 0 Å². The zero-order chi connectivity index (χ0) is 18.3. The summed E-state index contributed by atoms with van der Waals surface area (Å²) in [6.45, 7) is 0. The van der Waals surface area contributed by atoms with Crippen molar-refractivity contribution < 1.29 is 13.0 Å². The van der Waals surface area contributed by atoms with E-state index in [1.807, 2.05) is 48.5 Å². The van der Waals surface area contributed by atoms with Gasteiger partial charge >= 0.3 is 0 Å². The van der Waals surface area contributed by atoms with Gasteiger partial charge in [0.05, 0.1) is 5.69 Å². The second-order valence-corrected chi connectivity index (χ2v) is 7.77. The number of hydrogen-bond donors (Lipinski definition) is 3. The summed E-state index contributed by atoms with van der Waals surface area (Å²) in [7, 11) is -4.42. The zero-order valence-electron chi connectivity index (χ0n) is 13.9. The molecule has 0 bridgehead atoms. The van der Waals surface area contributed by atoms with Crippen LogP contribution in [0.5, 0.6) is 0 Å². The van der Waals surface area contributed by atoms with Crippen LogP contribution in [0.2, 0.25) is 0 Å². The highest BCUT2D eigenvalue weighted by Gasteiger charge is 2.26. The van der Waals surface area contributed by atoms with E-state index in [4.69, 9.17) is 5.73 Å². The molecule has 0 atom stereocenters. The van der Waals surface area contributed by atoms with E-state index in [1.54, 1.807) is 0 Å². The minimum atomic E-state index is -4.42. The average Bonchev–Trinajstić information content (AvgIpc) is 2.62. The first kappa shape index (κ1) is 16.6. The van der Waals surface area contributed by atoms with Gasteiger partial charge in [-0.2, -0.15) is 8.42 Å². The van der Waals surface area contributed by atoms with Crippen molar-refractivity contribution in [2.24, 2.45) is 0 Å². The molecule has 0 fully saturated rings. The lowest BCUT2D eigenvalue weighted by atomic mass is 9.84. The van der Waals surface area contributed by atoms with Gasteiger partial charge in [-0.25, -0.2) is 0 Å². The third-order valence-electron chi connectivity index (χ3n) is 4.74. The Balaban J connectivity index is 1.91. The van der Waals surface area contributed by atoms with Crippen LogP contribution >= 0.6 is 0 Å². The second-order valence-electron chi connectivity index (χ2n) is 6.38. The van der Waals surface area contributed by atoms with E-state index in [0.29, 0.717) is 18.5 Å². The van der Waals surface area contributed by atoms with Crippen LogP contribution in [0, 0.1) is 0 Å². The summed E-state index contributed by atoms with van der Waals surface area (Å²) >= 11 is 0. The van der Waals surface area contributed by atoms with E-state index >= 15 is 0 Å². The Morgan fingerprint density at radius 2 is 1.46 bits per heavy atom. The standard InChI is InChI=1S/C20H18N2O3S/c21-20-17-11-14-7-5-4-6-13(14)10-16(17)18(12-19(20)26(23,24)25)22-15-8-2-1-3-9-15/h1-9,12,22H,10-11,21H2,(H,23,24,25). The van der Waals surface area contributed by atoms with Gasteiger partial charge in [0, 0.05) is 24.2 Å². The van der Waals surface area contributed by atoms with Crippen LogP contribution in [0.25, 0.3) is 0 Å². The molecule has 26 heavy (non-hydrogen) atoms. The van der Waals surface area contributed by atoms with E-state index in [2.05, 4.69) is 11.4 Å². The number of fused-ring (bicyclic) bond motifs is 2. The molecular weight excluding hydrogens is 348 g/mol. The van der Waals surface area contributed by atoms with Crippen LogP contribution in [-0.2, 0) is 23.0 Å². The smallest absolute Gasteiger partial charge is 0.296 e. The fourth-order valence-electron chi connectivity index (χ4n) is 3.46. The lowest BCUT2D eigenvalue weighted by molar-refractivity contribution is 0.483. The average molecular weight is 366 g/mol. The molecule has 1 aliphatic rings. The Labute approximate surface area is 152 Å². The Morgan fingerprint density at radius 1 is 0.885 bits per heavy atom. The number of hydrogen-bond acceptors (Lipinski definition) is 4. The molecule has 0 spiro atoms. The molecule has 3 aromatic carbocycles. The van der Waals surface area contributed by atoms with Crippen molar-refractivity contribution >= 4 is 27.2 Å². The summed E-state index contributed by atoms with van der Waals surface area (Å²) in [6.07, 6.45) is 1.18. The predicted octanol–water partition coefficient (Wildman–Crippen LogP) is 3.75. The van der Waals surface area contributed by atoms with Gasteiger partial charge in [-0.1, -0.05) is 42.5 Å². The fraction of sp³-hybridized carbons (Fsp3) is 0.100. The molecule has 1 aliphatic carbocycles. The van der Waals surface area contributed by atoms with Gasteiger partial charge in [0.1, 0.15) is 4.90 Å². The van der Waals surface area contributed by atoms with Crippen molar-refractivity contribution in [2.75, 3.05) is 11.1 Å². The van der Waals surface area contributed by atoms with Crippen LogP contribution in [-0.4, -0.2) is 13.0 Å². The Morgan fingerprint density at radius 3 is 2.08 bits per heavy atom. The van der Waals surface area contributed by atoms with Gasteiger partial charge in [-0.05, 0) is 40.5 Å². The molecule has 3 aromatic rings. The van der Waals surface area contributed by atoms with E-state index < -0.39 is 10.1 Å². The van der Waals surface area contributed by atoms with Crippen molar-refractivity contribution in [2.45, 2.75) is 17.7 Å². The minimum Gasteiger partial charge on any atom is -0.397 e. The minimum absolute atomic E-state index is 0.121. The molecule has 0 saturated carbocycles. The molecular formula is C20H18N2O3S. The third kappa shape index (κ3) is 2.94. The summed E-state index contributed by atoms with van der Waals surface area (Å²) in [4.78, 5) is -0.255. The van der Waals surface area contributed by atoms with Crippen LogP contribution in [0.15, 0.2) is 65.6 Å². The molecule has 0 radical (unpaired) electrons. The molecule has 0 unspecified atom stereocenters. The van der Waals surface area contributed by atoms with Gasteiger partial charge < -0.3 is 11.1 Å². The highest BCUT2D eigenvalue weighted by molar-refractivity contribution is 7.86. The highest BCUT2D eigenvalue weighted by atomic mass is 32.2. The van der Waals surface area contributed by atoms with Crippen molar-refractivity contribution in [3.05, 3.63) is 82.9 Å². The maximum atomic E-state index is 11.8. The molecule has 0 amide bonds. The van der Waals surface area contributed by atoms with Crippen LogP contribution in [0.3, 0.4) is 0 Å². The lowest BCUT2D eigenvalue weighted by Crippen LogP contribution is -2.15. The summed E-state index contributed by atoms with van der Waals surface area (Å²) in [5, 5.41) is 3.27. The predicted molar refractivity (Wildman–Crippen MR) is 102 cm³/mol. The van der Waals surface area contributed by atoms with Crippen molar-refractivity contribution in [1.82, 2.24) is 0 Å². The number of nitrogen functional groups attached to an aromatic ring is 1. The molecule has 0 saturated heterocycles. The molecule has 4 N–H and O–H groups in total. The summed E-state index contributed by atoms with van der Waals surface area (Å²) in [5.41, 5.74) is 11.7.